The van der Waals surface area contributed by atoms with Gasteiger partial charge in [0.15, 0.2) is 0 Å². The van der Waals surface area contributed by atoms with Gasteiger partial charge >= 0.3 is 11.4 Å². The summed E-state index contributed by atoms with van der Waals surface area (Å²) in [7, 11) is 0. The number of rotatable bonds is 8. The SMILES string of the molecule is C/C=C/n1nnn(CCSCCn2nnn(/C=C/C)c2=O)c1=O. The highest BCUT2D eigenvalue weighted by atomic mass is 32.2. The minimum absolute atomic E-state index is 0.269. The number of allylic oxidation sites excluding steroid dienone is 2. The fourth-order valence-corrected chi connectivity index (χ4v) is 2.53. The van der Waals surface area contributed by atoms with E-state index in [0.29, 0.717) is 24.6 Å². The Balaban J connectivity index is 1.78. The normalized spacial score (nSPS) is 11.9. The Morgan fingerprint density at radius 2 is 1.26 bits per heavy atom. The Hall–Kier alpha value is -2.43. The Morgan fingerprint density at radius 1 is 0.826 bits per heavy atom. The number of nitrogens with zero attached hydrogens (tertiary/aromatic N) is 8. The van der Waals surface area contributed by atoms with Gasteiger partial charge in [0.05, 0.1) is 13.1 Å². The minimum Gasteiger partial charge on any atom is -0.244 e. The molecule has 0 unspecified atom stereocenters. The first-order chi connectivity index (χ1) is 11.2. The lowest BCUT2D eigenvalue weighted by Crippen LogP contribution is -2.24. The third kappa shape index (κ3) is 4.28. The molecule has 0 radical (unpaired) electrons. The van der Waals surface area contributed by atoms with E-state index in [9.17, 15) is 9.59 Å². The quantitative estimate of drug-likeness (QED) is 0.603. The first-order valence-corrected chi connectivity index (χ1v) is 8.20. The monoisotopic (exact) mass is 338 g/mol. The van der Waals surface area contributed by atoms with Crippen LogP contribution < -0.4 is 11.4 Å². The zero-order valence-corrected chi connectivity index (χ0v) is 13.8. The van der Waals surface area contributed by atoms with E-state index in [2.05, 4.69) is 20.9 Å². The molecular weight excluding hydrogens is 320 g/mol. The van der Waals surface area contributed by atoms with E-state index in [0.717, 1.165) is 0 Å². The Labute approximate surface area is 136 Å². The van der Waals surface area contributed by atoms with E-state index < -0.39 is 0 Å². The third-order valence-corrected chi connectivity index (χ3v) is 3.74. The third-order valence-electron chi connectivity index (χ3n) is 2.80. The topological polar surface area (TPSA) is 105 Å². The zero-order chi connectivity index (χ0) is 16.7. The van der Waals surface area contributed by atoms with Gasteiger partial charge in [0.2, 0.25) is 0 Å². The van der Waals surface area contributed by atoms with Crippen molar-refractivity contribution in [3.8, 4) is 0 Å². The summed E-state index contributed by atoms with van der Waals surface area (Å²) in [5.74, 6) is 1.37. The number of hydrogen-bond donors (Lipinski definition) is 0. The van der Waals surface area contributed by atoms with E-state index in [1.54, 1.807) is 50.2 Å². The van der Waals surface area contributed by atoms with Gasteiger partial charge in [-0.3, -0.25) is 0 Å². The first kappa shape index (κ1) is 16.9. The van der Waals surface area contributed by atoms with Crippen molar-refractivity contribution in [3.63, 3.8) is 0 Å². The molecule has 0 aliphatic heterocycles. The van der Waals surface area contributed by atoms with Gasteiger partial charge in [0.1, 0.15) is 0 Å². The van der Waals surface area contributed by atoms with Crippen LogP contribution in [0, 0.1) is 0 Å². The standard InChI is InChI=1S/C12H18N8O2S/c1-3-5-17-11(21)19(15-13-17)7-9-23-10-8-20-12(22)18(6-4-2)14-16-20/h3-6H,7-10H2,1-2H3/b5-3+,6-4+. The molecule has 0 N–H and O–H groups in total. The molecular formula is C12H18N8O2S. The largest absolute Gasteiger partial charge is 0.367 e. The van der Waals surface area contributed by atoms with Crippen LogP contribution in [0.3, 0.4) is 0 Å². The van der Waals surface area contributed by atoms with Crippen molar-refractivity contribution >= 4 is 24.2 Å². The maximum atomic E-state index is 11.8. The van der Waals surface area contributed by atoms with Crippen molar-refractivity contribution in [1.82, 2.24) is 39.6 Å². The molecule has 0 saturated heterocycles. The first-order valence-electron chi connectivity index (χ1n) is 7.05. The number of aryl methyl sites for hydroxylation is 2. The summed E-state index contributed by atoms with van der Waals surface area (Å²) in [6.45, 7) is 4.52. The molecule has 124 valence electrons. The maximum Gasteiger partial charge on any atom is 0.367 e. The van der Waals surface area contributed by atoms with E-state index >= 15 is 0 Å². The van der Waals surface area contributed by atoms with Crippen LogP contribution in [0.25, 0.3) is 12.4 Å². The lowest BCUT2D eigenvalue weighted by molar-refractivity contribution is 0.607. The van der Waals surface area contributed by atoms with E-state index in [1.165, 1.54) is 18.7 Å². The summed E-state index contributed by atoms with van der Waals surface area (Å²) in [5.41, 5.74) is -0.538. The molecule has 0 aromatic carbocycles. The van der Waals surface area contributed by atoms with Crippen molar-refractivity contribution in [1.29, 1.82) is 0 Å². The fraction of sp³-hybridized carbons (Fsp3) is 0.500. The van der Waals surface area contributed by atoms with Gasteiger partial charge in [-0.2, -0.15) is 30.5 Å². The Kier molecular flexibility index (Phi) is 6.09. The molecule has 0 aliphatic carbocycles. The highest BCUT2D eigenvalue weighted by molar-refractivity contribution is 7.99. The Bertz CT molecular complexity index is 730. The molecule has 2 rings (SSSR count). The fourth-order valence-electron chi connectivity index (χ4n) is 1.73. The van der Waals surface area contributed by atoms with Crippen LogP contribution in [0.4, 0.5) is 0 Å². The van der Waals surface area contributed by atoms with Crippen molar-refractivity contribution in [3.05, 3.63) is 33.1 Å². The number of hydrogen-bond acceptors (Lipinski definition) is 7. The molecule has 2 aromatic rings. The molecule has 2 aromatic heterocycles. The molecule has 11 heteroatoms. The molecule has 0 amide bonds. The highest BCUT2D eigenvalue weighted by Crippen LogP contribution is 2.00. The number of tetrazole rings is 2. The van der Waals surface area contributed by atoms with Gasteiger partial charge in [0, 0.05) is 23.9 Å². The smallest absolute Gasteiger partial charge is 0.244 e. The maximum absolute atomic E-state index is 11.8. The van der Waals surface area contributed by atoms with Crippen LogP contribution in [0.5, 0.6) is 0 Å². The van der Waals surface area contributed by atoms with Gasteiger partial charge in [-0.25, -0.2) is 9.59 Å². The molecule has 2 heterocycles. The molecule has 0 aliphatic rings. The van der Waals surface area contributed by atoms with E-state index in [1.807, 2.05) is 0 Å². The van der Waals surface area contributed by atoms with Crippen LogP contribution in [0.15, 0.2) is 21.7 Å². The zero-order valence-electron chi connectivity index (χ0n) is 12.9. The second kappa shape index (κ2) is 8.27. The molecule has 23 heavy (non-hydrogen) atoms. The molecule has 0 saturated carbocycles. The van der Waals surface area contributed by atoms with Crippen LogP contribution in [0.2, 0.25) is 0 Å². The van der Waals surface area contributed by atoms with Gasteiger partial charge in [-0.1, -0.05) is 12.2 Å². The summed E-state index contributed by atoms with van der Waals surface area (Å²) >= 11 is 1.60. The van der Waals surface area contributed by atoms with Crippen molar-refractivity contribution in [2.45, 2.75) is 26.9 Å². The van der Waals surface area contributed by atoms with Crippen LogP contribution in [-0.4, -0.2) is 51.1 Å². The summed E-state index contributed by atoms with van der Waals surface area (Å²) in [6, 6.07) is 0. The number of thioether (sulfide) groups is 1. The molecule has 0 fully saturated rings. The predicted octanol–water partition coefficient (Wildman–Crippen LogP) is -0.392. The summed E-state index contributed by atoms with van der Waals surface area (Å²) in [5, 5.41) is 15.0. The minimum atomic E-state index is -0.269. The number of aromatic nitrogens is 8. The van der Waals surface area contributed by atoms with Crippen LogP contribution in [-0.2, 0) is 13.1 Å². The van der Waals surface area contributed by atoms with Crippen LogP contribution in [0.1, 0.15) is 13.8 Å². The summed E-state index contributed by atoms with van der Waals surface area (Å²) < 4.78 is 4.98. The average Bonchev–Trinajstić information content (AvgIpc) is 3.06. The second-order valence-electron chi connectivity index (χ2n) is 4.44. The summed E-state index contributed by atoms with van der Waals surface area (Å²) in [4.78, 5) is 23.6. The van der Waals surface area contributed by atoms with Gasteiger partial charge < -0.3 is 0 Å². The lowest BCUT2D eigenvalue weighted by atomic mass is 10.7. The molecule has 0 atom stereocenters. The summed E-state index contributed by atoms with van der Waals surface area (Å²) in [6.07, 6.45) is 6.54. The van der Waals surface area contributed by atoms with Crippen molar-refractivity contribution in [2.75, 3.05) is 11.5 Å². The molecule has 10 nitrogen and oxygen atoms in total. The Morgan fingerprint density at radius 3 is 1.65 bits per heavy atom. The van der Waals surface area contributed by atoms with Crippen LogP contribution >= 0.6 is 11.8 Å². The van der Waals surface area contributed by atoms with Crippen molar-refractivity contribution in [2.24, 2.45) is 0 Å². The highest BCUT2D eigenvalue weighted by Gasteiger charge is 2.05. The lowest BCUT2D eigenvalue weighted by Gasteiger charge is -2.00. The van der Waals surface area contributed by atoms with Gasteiger partial charge in [-0.15, -0.1) is 0 Å². The molecule has 0 bridgehead atoms. The van der Waals surface area contributed by atoms with Gasteiger partial charge in [-0.05, 0) is 34.7 Å². The average molecular weight is 338 g/mol. The van der Waals surface area contributed by atoms with E-state index in [4.69, 9.17) is 0 Å². The second-order valence-corrected chi connectivity index (χ2v) is 5.66. The predicted molar refractivity (Wildman–Crippen MR) is 87.9 cm³/mol. The van der Waals surface area contributed by atoms with Gasteiger partial charge in [0.25, 0.3) is 0 Å². The van der Waals surface area contributed by atoms with Crippen molar-refractivity contribution < 1.29 is 0 Å². The molecule has 0 spiro atoms. The van der Waals surface area contributed by atoms with E-state index in [-0.39, 0.29) is 11.4 Å².